The normalized spacial score (nSPS) is 13.3. The van der Waals surface area contributed by atoms with Crippen LogP contribution in [0.4, 0.5) is 10.1 Å². The molecule has 0 bridgehead atoms. The predicted molar refractivity (Wildman–Crippen MR) is 91.7 cm³/mol. The molecule has 1 N–H and O–H groups in total. The third kappa shape index (κ3) is 3.83. The molecule has 0 radical (unpaired) electrons. The third-order valence-corrected chi connectivity index (χ3v) is 5.63. The predicted octanol–water partition coefficient (Wildman–Crippen LogP) is 5.82. The number of anilines is 1. The Bertz CT molecular complexity index is 646. The maximum Gasteiger partial charge on any atom is 0.125 e. The van der Waals surface area contributed by atoms with Gasteiger partial charge < -0.3 is 5.32 Å². The average Bonchev–Trinajstić information content (AvgIpc) is 2.76. The van der Waals surface area contributed by atoms with E-state index in [9.17, 15) is 4.39 Å². The van der Waals surface area contributed by atoms with Gasteiger partial charge in [0.25, 0.3) is 0 Å². The summed E-state index contributed by atoms with van der Waals surface area (Å²) in [7, 11) is 0. The van der Waals surface area contributed by atoms with Crippen LogP contribution >= 0.6 is 27.3 Å². The number of aryl methyl sites for hydroxylation is 1. The molecule has 1 atom stereocenters. The van der Waals surface area contributed by atoms with Gasteiger partial charge in [0.1, 0.15) is 5.82 Å². The Morgan fingerprint density at radius 1 is 1.33 bits per heavy atom. The van der Waals surface area contributed by atoms with E-state index in [4.69, 9.17) is 0 Å². The van der Waals surface area contributed by atoms with E-state index < -0.39 is 0 Å². The van der Waals surface area contributed by atoms with Crippen molar-refractivity contribution in [1.82, 2.24) is 4.98 Å². The second kappa shape index (κ2) is 6.05. The largest absolute Gasteiger partial charge is 0.377 e. The fourth-order valence-electron chi connectivity index (χ4n) is 2.04. The zero-order valence-electron chi connectivity index (χ0n) is 12.9. The van der Waals surface area contributed by atoms with Gasteiger partial charge in [0.05, 0.1) is 22.4 Å². The fourth-order valence-corrected chi connectivity index (χ4v) is 3.52. The first kappa shape index (κ1) is 16.4. The van der Waals surface area contributed by atoms with Crippen LogP contribution in [0.3, 0.4) is 0 Å². The van der Waals surface area contributed by atoms with Gasteiger partial charge in [-0.1, -0.05) is 20.8 Å². The fraction of sp³-hybridized carbons (Fsp3) is 0.438. The molecule has 1 aromatic carbocycles. The van der Waals surface area contributed by atoms with Gasteiger partial charge >= 0.3 is 0 Å². The van der Waals surface area contributed by atoms with Gasteiger partial charge in [-0.3, -0.25) is 0 Å². The lowest BCUT2D eigenvalue weighted by Gasteiger charge is -2.16. The van der Waals surface area contributed by atoms with Crippen molar-refractivity contribution in [2.75, 3.05) is 5.32 Å². The van der Waals surface area contributed by atoms with Crippen molar-refractivity contribution < 1.29 is 4.39 Å². The van der Waals surface area contributed by atoms with E-state index in [0.717, 1.165) is 20.9 Å². The molecule has 0 aliphatic heterocycles. The summed E-state index contributed by atoms with van der Waals surface area (Å²) in [5.74, 6) is -0.246. The highest BCUT2D eigenvalue weighted by atomic mass is 79.9. The Balaban J connectivity index is 2.26. The van der Waals surface area contributed by atoms with Gasteiger partial charge in [-0.25, -0.2) is 9.37 Å². The van der Waals surface area contributed by atoms with Crippen LogP contribution in [0.25, 0.3) is 0 Å². The molecule has 0 spiro atoms. The molecule has 1 heterocycles. The van der Waals surface area contributed by atoms with Crippen molar-refractivity contribution in [3.63, 3.8) is 0 Å². The second-order valence-electron chi connectivity index (χ2n) is 6.21. The van der Waals surface area contributed by atoms with Crippen molar-refractivity contribution >= 4 is 33.0 Å². The van der Waals surface area contributed by atoms with Crippen LogP contribution < -0.4 is 5.32 Å². The molecule has 114 valence electrons. The van der Waals surface area contributed by atoms with E-state index >= 15 is 0 Å². The Hall–Kier alpha value is -0.940. The van der Waals surface area contributed by atoms with E-state index in [-0.39, 0.29) is 17.3 Å². The smallest absolute Gasteiger partial charge is 0.125 e. The molecular weight excluding hydrogens is 351 g/mol. The van der Waals surface area contributed by atoms with E-state index in [2.05, 4.69) is 53.9 Å². The van der Waals surface area contributed by atoms with Crippen LogP contribution in [-0.2, 0) is 5.41 Å². The Morgan fingerprint density at radius 3 is 2.57 bits per heavy atom. The lowest BCUT2D eigenvalue weighted by atomic mass is 9.98. The van der Waals surface area contributed by atoms with Crippen molar-refractivity contribution in [3.8, 4) is 0 Å². The molecule has 0 aliphatic rings. The molecule has 0 amide bonds. The molecule has 0 saturated heterocycles. The number of rotatable bonds is 3. The summed E-state index contributed by atoms with van der Waals surface area (Å²) in [4.78, 5) is 5.87. The summed E-state index contributed by atoms with van der Waals surface area (Å²) in [5.41, 5.74) is 1.84. The maximum atomic E-state index is 13.4. The van der Waals surface area contributed by atoms with Crippen molar-refractivity contribution in [2.45, 2.75) is 46.1 Å². The molecule has 21 heavy (non-hydrogen) atoms. The van der Waals surface area contributed by atoms with E-state index in [1.165, 1.54) is 17.0 Å². The lowest BCUT2D eigenvalue weighted by Crippen LogP contribution is -2.10. The zero-order valence-corrected chi connectivity index (χ0v) is 15.3. The SMILES string of the molecule is Cc1nc(C(C)(C)C)sc1C(C)Nc1cc(F)ccc1Br. The van der Waals surface area contributed by atoms with Crippen molar-refractivity contribution in [2.24, 2.45) is 0 Å². The first-order valence-electron chi connectivity index (χ1n) is 6.88. The number of nitrogens with one attached hydrogen (secondary N) is 1. The topological polar surface area (TPSA) is 24.9 Å². The van der Waals surface area contributed by atoms with Crippen LogP contribution in [0.2, 0.25) is 0 Å². The molecule has 0 saturated carbocycles. The van der Waals surface area contributed by atoms with Crippen LogP contribution in [0.15, 0.2) is 22.7 Å². The quantitative estimate of drug-likeness (QED) is 0.735. The highest BCUT2D eigenvalue weighted by Crippen LogP contribution is 2.35. The molecule has 0 fully saturated rings. The number of aromatic nitrogens is 1. The monoisotopic (exact) mass is 370 g/mol. The van der Waals surface area contributed by atoms with Crippen LogP contribution in [0.1, 0.15) is 49.3 Å². The first-order valence-corrected chi connectivity index (χ1v) is 8.49. The minimum absolute atomic E-state index is 0.0484. The maximum absolute atomic E-state index is 13.4. The Morgan fingerprint density at radius 2 is 2.00 bits per heavy atom. The highest BCUT2D eigenvalue weighted by Gasteiger charge is 2.22. The Labute approximate surface area is 137 Å². The summed E-state index contributed by atoms with van der Waals surface area (Å²) in [6.45, 7) is 10.6. The summed E-state index contributed by atoms with van der Waals surface area (Å²) in [6.07, 6.45) is 0. The first-order chi connectivity index (χ1) is 9.68. The van der Waals surface area contributed by atoms with Gasteiger partial charge in [-0.15, -0.1) is 11.3 Å². The molecular formula is C16H20BrFN2S. The minimum Gasteiger partial charge on any atom is -0.377 e. The number of hydrogen-bond donors (Lipinski definition) is 1. The van der Waals surface area contributed by atoms with Crippen LogP contribution in [-0.4, -0.2) is 4.98 Å². The van der Waals surface area contributed by atoms with E-state index in [0.29, 0.717) is 0 Å². The van der Waals surface area contributed by atoms with Crippen molar-refractivity contribution in [3.05, 3.63) is 44.1 Å². The molecule has 1 aromatic heterocycles. The van der Waals surface area contributed by atoms with Crippen LogP contribution in [0, 0.1) is 12.7 Å². The van der Waals surface area contributed by atoms with E-state index in [1.54, 1.807) is 17.4 Å². The standard InChI is InChI=1S/C16H20BrFN2S/c1-9(19-13-8-11(18)6-7-12(13)17)14-10(2)20-15(21-14)16(3,4)5/h6-9,19H,1-5H3. The van der Waals surface area contributed by atoms with Crippen molar-refractivity contribution in [1.29, 1.82) is 0 Å². The van der Waals surface area contributed by atoms with Gasteiger partial charge in [0.15, 0.2) is 0 Å². The molecule has 5 heteroatoms. The van der Waals surface area contributed by atoms with Gasteiger partial charge in [-0.2, -0.15) is 0 Å². The molecule has 2 rings (SSSR count). The number of benzene rings is 1. The molecule has 0 aliphatic carbocycles. The van der Waals surface area contributed by atoms with Gasteiger partial charge in [-0.05, 0) is 48.0 Å². The number of halogens is 2. The highest BCUT2D eigenvalue weighted by molar-refractivity contribution is 9.10. The molecule has 1 unspecified atom stereocenters. The lowest BCUT2D eigenvalue weighted by molar-refractivity contribution is 0.584. The average molecular weight is 371 g/mol. The third-order valence-electron chi connectivity index (χ3n) is 3.17. The van der Waals surface area contributed by atoms with E-state index in [1.807, 2.05) is 6.92 Å². The summed E-state index contributed by atoms with van der Waals surface area (Å²) >= 11 is 5.17. The number of nitrogens with zero attached hydrogens (tertiary/aromatic N) is 1. The zero-order chi connectivity index (χ0) is 15.8. The number of hydrogen-bond acceptors (Lipinski definition) is 3. The summed E-state index contributed by atoms with van der Waals surface area (Å²) in [6, 6.07) is 4.73. The second-order valence-corrected chi connectivity index (χ2v) is 8.09. The Kier molecular flexibility index (Phi) is 4.73. The minimum atomic E-state index is -0.246. The molecule has 2 aromatic rings. The summed E-state index contributed by atoms with van der Waals surface area (Å²) < 4.78 is 14.2. The van der Waals surface area contributed by atoms with Gasteiger partial charge in [0, 0.05) is 14.8 Å². The number of thiazole rings is 1. The summed E-state index contributed by atoms with van der Waals surface area (Å²) in [5, 5.41) is 4.48. The van der Waals surface area contributed by atoms with Gasteiger partial charge in [0.2, 0.25) is 0 Å². The molecule has 2 nitrogen and oxygen atoms in total. The van der Waals surface area contributed by atoms with Crippen LogP contribution in [0.5, 0.6) is 0 Å².